The Hall–Kier alpha value is -3.35. The number of amides is 1. The van der Waals surface area contributed by atoms with Gasteiger partial charge in [-0.2, -0.15) is 5.10 Å². The number of aromatic nitrogens is 2. The molecule has 0 aliphatic carbocycles. The van der Waals surface area contributed by atoms with Gasteiger partial charge in [0.1, 0.15) is 18.0 Å². The number of nitrogens with zero attached hydrogens (tertiary/aromatic N) is 2. The Balaban J connectivity index is 1.82. The Labute approximate surface area is 162 Å². The molecular formula is C21H23N3O4. The van der Waals surface area contributed by atoms with E-state index in [-0.39, 0.29) is 24.1 Å². The summed E-state index contributed by atoms with van der Waals surface area (Å²) < 4.78 is 11.8. The molecule has 0 bridgehead atoms. The summed E-state index contributed by atoms with van der Waals surface area (Å²) in [4.78, 5) is 25.2. The zero-order valence-corrected chi connectivity index (χ0v) is 16.4. The summed E-state index contributed by atoms with van der Waals surface area (Å²) in [6.07, 6.45) is 0. The molecule has 28 heavy (non-hydrogen) atoms. The lowest BCUT2D eigenvalue weighted by Crippen LogP contribution is -2.35. The normalized spacial score (nSPS) is 11.9. The molecule has 1 aromatic heterocycles. The van der Waals surface area contributed by atoms with Crippen LogP contribution >= 0.6 is 0 Å². The highest BCUT2D eigenvalue weighted by molar-refractivity contribution is 5.83. The largest absolute Gasteiger partial charge is 0.497 e. The number of hydrogen-bond donors (Lipinski definition) is 1. The van der Waals surface area contributed by atoms with Gasteiger partial charge in [-0.05, 0) is 38.1 Å². The fourth-order valence-electron chi connectivity index (χ4n) is 3.19. The lowest BCUT2D eigenvalue weighted by atomic mass is 10.1. The summed E-state index contributed by atoms with van der Waals surface area (Å²) in [5.74, 6) is 0.993. The molecule has 3 aromatic rings. The van der Waals surface area contributed by atoms with E-state index in [0.29, 0.717) is 22.6 Å². The highest BCUT2D eigenvalue weighted by atomic mass is 16.5. The van der Waals surface area contributed by atoms with Gasteiger partial charge in [0.2, 0.25) is 5.91 Å². The average molecular weight is 381 g/mol. The summed E-state index contributed by atoms with van der Waals surface area (Å²) >= 11 is 0. The van der Waals surface area contributed by atoms with Crippen LogP contribution in [0.25, 0.3) is 10.8 Å². The fourth-order valence-corrected chi connectivity index (χ4v) is 3.19. The number of methoxy groups -OCH3 is 2. The minimum atomic E-state index is -0.338. The number of aryl methyl sites for hydroxylation is 1. The molecule has 7 heteroatoms. The summed E-state index contributed by atoms with van der Waals surface area (Å²) in [5, 5.41) is 8.51. The molecule has 1 heterocycles. The predicted molar refractivity (Wildman–Crippen MR) is 107 cm³/mol. The van der Waals surface area contributed by atoms with Crippen LogP contribution in [0.3, 0.4) is 0 Å². The summed E-state index contributed by atoms with van der Waals surface area (Å²) in [6.45, 7) is 3.50. The second kappa shape index (κ2) is 8.12. The van der Waals surface area contributed by atoms with E-state index in [1.54, 1.807) is 38.5 Å². The van der Waals surface area contributed by atoms with Crippen LogP contribution in [0, 0.1) is 6.92 Å². The molecule has 0 aliphatic heterocycles. The Bertz CT molecular complexity index is 1070. The van der Waals surface area contributed by atoms with Gasteiger partial charge in [0.05, 0.1) is 31.3 Å². The van der Waals surface area contributed by atoms with E-state index in [1.165, 1.54) is 4.68 Å². The van der Waals surface area contributed by atoms with Gasteiger partial charge in [0.25, 0.3) is 5.56 Å². The number of carbonyl (C=O) groups is 1. The van der Waals surface area contributed by atoms with Gasteiger partial charge in [0.15, 0.2) is 0 Å². The molecule has 0 unspecified atom stereocenters. The predicted octanol–water partition coefficient (Wildman–Crippen LogP) is 2.60. The van der Waals surface area contributed by atoms with Crippen LogP contribution in [-0.4, -0.2) is 29.9 Å². The first kappa shape index (κ1) is 19.4. The van der Waals surface area contributed by atoms with Crippen LogP contribution in [-0.2, 0) is 11.3 Å². The number of fused-ring (bicyclic) bond motifs is 1. The molecule has 1 N–H and O–H groups in total. The number of nitrogens with one attached hydrogen (secondary N) is 1. The lowest BCUT2D eigenvalue weighted by molar-refractivity contribution is -0.122. The van der Waals surface area contributed by atoms with Crippen molar-refractivity contribution < 1.29 is 14.3 Å². The van der Waals surface area contributed by atoms with Gasteiger partial charge in [-0.15, -0.1) is 0 Å². The smallest absolute Gasteiger partial charge is 0.275 e. The lowest BCUT2D eigenvalue weighted by Gasteiger charge is -2.18. The van der Waals surface area contributed by atoms with Crippen LogP contribution in [0.4, 0.5) is 0 Å². The third-order valence-electron chi connectivity index (χ3n) is 4.63. The quantitative estimate of drug-likeness (QED) is 0.710. The van der Waals surface area contributed by atoms with E-state index < -0.39 is 0 Å². The molecule has 0 spiro atoms. The SMILES string of the molecule is COc1ccc(OC)c([C@H](C)NC(=O)Cn2nc(C)c3ccccc3c2=O)c1. The molecule has 0 saturated heterocycles. The number of ether oxygens (including phenoxy) is 2. The van der Waals surface area contributed by atoms with Crippen molar-refractivity contribution in [1.82, 2.24) is 15.1 Å². The maximum atomic E-state index is 12.6. The Morgan fingerprint density at radius 1 is 1.14 bits per heavy atom. The van der Waals surface area contributed by atoms with E-state index in [2.05, 4.69) is 10.4 Å². The van der Waals surface area contributed by atoms with Crippen molar-refractivity contribution in [3.63, 3.8) is 0 Å². The monoisotopic (exact) mass is 381 g/mol. The Morgan fingerprint density at radius 2 is 1.86 bits per heavy atom. The van der Waals surface area contributed by atoms with E-state index in [4.69, 9.17) is 9.47 Å². The van der Waals surface area contributed by atoms with Crippen molar-refractivity contribution in [3.05, 3.63) is 64.1 Å². The standard InChI is InChI=1S/C21H23N3O4/c1-13(18-11-15(27-3)9-10-19(18)28-4)22-20(25)12-24-21(26)17-8-6-5-7-16(17)14(2)23-24/h5-11,13H,12H2,1-4H3,(H,22,25)/t13-/m0/s1. The van der Waals surface area contributed by atoms with Crippen molar-refractivity contribution >= 4 is 16.7 Å². The summed E-state index contributed by atoms with van der Waals surface area (Å²) in [5.41, 5.74) is 1.19. The molecular weight excluding hydrogens is 358 g/mol. The van der Waals surface area contributed by atoms with Crippen LogP contribution in [0.2, 0.25) is 0 Å². The van der Waals surface area contributed by atoms with Crippen molar-refractivity contribution in [1.29, 1.82) is 0 Å². The second-order valence-electron chi connectivity index (χ2n) is 6.49. The van der Waals surface area contributed by atoms with Crippen LogP contribution in [0.1, 0.15) is 24.2 Å². The third-order valence-corrected chi connectivity index (χ3v) is 4.63. The maximum absolute atomic E-state index is 12.6. The Kier molecular flexibility index (Phi) is 5.63. The second-order valence-corrected chi connectivity index (χ2v) is 6.49. The number of rotatable bonds is 6. The average Bonchev–Trinajstić information content (AvgIpc) is 2.71. The molecule has 7 nitrogen and oxygen atoms in total. The van der Waals surface area contributed by atoms with Crippen molar-refractivity contribution in [2.24, 2.45) is 0 Å². The zero-order valence-electron chi connectivity index (χ0n) is 16.4. The molecule has 1 amide bonds. The number of benzene rings is 2. The Morgan fingerprint density at radius 3 is 2.54 bits per heavy atom. The summed E-state index contributed by atoms with van der Waals surface area (Å²) in [7, 11) is 3.15. The molecule has 0 fully saturated rings. The van der Waals surface area contributed by atoms with E-state index >= 15 is 0 Å². The van der Waals surface area contributed by atoms with E-state index in [0.717, 1.165) is 10.9 Å². The van der Waals surface area contributed by atoms with Gasteiger partial charge in [-0.25, -0.2) is 4.68 Å². The van der Waals surface area contributed by atoms with Gasteiger partial charge in [-0.1, -0.05) is 18.2 Å². The first-order valence-electron chi connectivity index (χ1n) is 8.92. The summed E-state index contributed by atoms with van der Waals surface area (Å²) in [6, 6.07) is 12.3. The van der Waals surface area contributed by atoms with E-state index in [1.807, 2.05) is 32.0 Å². The molecule has 0 saturated carbocycles. The molecule has 2 aromatic carbocycles. The third kappa shape index (κ3) is 3.83. The first-order valence-corrected chi connectivity index (χ1v) is 8.92. The van der Waals surface area contributed by atoms with Gasteiger partial charge < -0.3 is 14.8 Å². The van der Waals surface area contributed by atoms with Gasteiger partial charge in [-0.3, -0.25) is 9.59 Å². The van der Waals surface area contributed by atoms with Gasteiger partial charge >= 0.3 is 0 Å². The van der Waals surface area contributed by atoms with Crippen LogP contribution in [0.15, 0.2) is 47.3 Å². The highest BCUT2D eigenvalue weighted by Gasteiger charge is 2.17. The fraction of sp³-hybridized carbons (Fsp3) is 0.286. The highest BCUT2D eigenvalue weighted by Crippen LogP contribution is 2.29. The zero-order chi connectivity index (χ0) is 20.3. The maximum Gasteiger partial charge on any atom is 0.275 e. The minimum Gasteiger partial charge on any atom is -0.497 e. The van der Waals surface area contributed by atoms with Crippen LogP contribution in [0.5, 0.6) is 11.5 Å². The molecule has 0 aliphatic rings. The van der Waals surface area contributed by atoms with Crippen molar-refractivity contribution in [2.75, 3.05) is 14.2 Å². The van der Waals surface area contributed by atoms with Crippen molar-refractivity contribution in [2.45, 2.75) is 26.4 Å². The van der Waals surface area contributed by atoms with E-state index in [9.17, 15) is 9.59 Å². The minimum absolute atomic E-state index is 0.166. The van der Waals surface area contributed by atoms with Crippen molar-refractivity contribution in [3.8, 4) is 11.5 Å². The molecule has 146 valence electrons. The molecule has 0 radical (unpaired) electrons. The number of carbonyl (C=O) groups excluding carboxylic acids is 1. The molecule has 1 atom stereocenters. The molecule has 3 rings (SSSR count). The first-order chi connectivity index (χ1) is 13.4. The van der Waals surface area contributed by atoms with Gasteiger partial charge in [0, 0.05) is 10.9 Å². The van der Waals surface area contributed by atoms with Crippen LogP contribution < -0.4 is 20.3 Å². The topological polar surface area (TPSA) is 82.4 Å². The number of hydrogen-bond acceptors (Lipinski definition) is 5.